The highest BCUT2D eigenvalue weighted by Gasteiger charge is 2.37. The average molecular weight is 474 g/mol. The van der Waals surface area contributed by atoms with E-state index < -0.39 is 35.0 Å². The Hall–Kier alpha value is -1.85. The van der Waals surface area contributed by atoms with Gasteiger partial charge in [0, 0.05) is 33.6 Å². The van der Waals surface area contributed by atoms with Crippen LogP contribution in [0.1, 0.15) is 27.0 Å². The molecule has 0 saturated carbocycles. The lowest BCUT2D eigenvalue weighted by Gasteiger charge is -2.14. The Labute approximate surface area is 151 Å². The summed E-state index contributed by atoms with van der Waals surface area (Å²) in [5.74, 6) is -1.05. The van der Waals surface area contributed by atoms with Crippen molar-refractivity contribution in [2.45, 2.75) is 18.9 Å². The monoisotopic (exact) mass is 474 g/mol. The molecule has 10 heteroatoms. The Morgan fingerprint density at radius 3 is 2.08 bits per heavy atom. The van der Waals surface area contributed by atoms with Crippen LogP contribution in [-0.2, 0) is 18.9 Å². The second-order valence-electron chi connectivity index (χ2n) is 4.94. The summed E-state index contributed by atoms with van der Waals surface area (Å²) < 4.78 is 77.5. The molecule has 134 valence electrons. The summed E-state index contributed by atoms with van der Waals surface area (Å²) in [6, 6.07) is 2.40. The minimum Gasteiger partial charge on any atom is -0.348 e. The molecule has 1 N–H and O–H groups in total. The summed E-state index contributed by atoms with van der Waals surface area (Å²) >= 11 is 1.96. The standard InChI is InChI=1S/C15H9F6IN2O/c16-14(17,18)10-3-8(4-11(5-10)15(19,20)21)13(25)24-7-9-6-23-2-1-12(9)22/h1-6H,7H2,(H,24,25). The lowest BCUT2D eigenvalue weighted by molar-refractivity contribution is -0.143. The molecule has 2 rings (SSSR count). The van der Waals surface area contributed by atoms with Gasteiger partial charge >= 0.3 is 12.4 Å². The third kappa shape index (κ3) is 5.06. The number of nitrogens with one attached hydrogen (secondary N) is 1. The van der Waals surface area contributed by atoms with Crippen LogP contribution in [0.5, 0.6) is 0 Å². The minimum absolute atomic E-state index is 0.0270. The van der Waals surface area contributed by atoms with Crippen molar-refractivity contribution in [2.75, 3.05) is 0 Å². The van der Waals surface area contributed by atoms with E-state index in [1.54, 1.807) is 6.07 Å². The Kier molecular flexibility index (Phi) is 5.59. The van der Waals surface area contributed by atoms with Crippen LogP contribution < -0.4 is 5.32 Å². The minimum atomic E-state index is -5.00. The molecule has 25 heavy (non-hydrogen) atoms. The number of rotatable bonds is 3. The van der Waals surface area contributed by atoms with Gasteiger partial charge in [-0.15, -0.1) is 0 Å². The van der Waals surface area contributed by atoms with Gasteiger partial charge in [-0.25, -0.2) is 0 Å². The fraction of sp³-hybridized carbons (Fsp3) is 0.200. The number of amides is 1. The third-order valence-electron chi connectivity index (χ3n) is 3.13. The molecule has 0 radical (unpaired) electrons. The van der Waals surface area contributed by atoms with Crippen molar-refractivity contribution in [2.24, 2.45) is 0 Å². The molecule has 0 fully saturated rings. The number of hydrogen-bond donors (Lipinski definition) is 1. The highest BCUT2D eigenvalue weighted by Crippen LogP contribution is 2.36. The van der Waals surface area contributed by atoms with E-state index in [9.17, 15) is 31.1 Å². The van der Waals surface area contributed by atoms with Gasteiger partial charge in [0.25, 0.3) is 5.91 Å². The van der Waals surface area contributed by atoms with Gasteiger partial charge < -0.3 is 5.32 Å². The summed E-state index contributed by atoms with van der Waals surface area (Å²) in [4.78, 5) is 15.9. The van der Waals surface area contributed by atoms with E-state index in [1.807, 2.05) is 22.6 Å². The van der Waals surface area contributed by atoms with Crippen LogP contribution in [-0.4, -0.2) is 10.9 Å². The summed E-state index contributed by atoms with van der Waals surface area (Å²) in [5.41, 5.74) is -3.22. The van der Waals surface area contributed by atoms with E-state index in [1.165, 1.54) is 12.4 Å². The number of carbonyl (C=O) groups excluding carboxylic acids is 1. The number of nitrogens with zero attached hydrogens (tertiary/aromatic N) is 1. The first-order valence-electron chi connectivity index (χ1n) is 6.64. The van der Waals surface area contributed by atoms with Crippen LogP contribution in [0, 0.1) is 3.57 Å². The molecule has 0 unspecified atom stereocenters. The van der Waals surface area contributed by atoms with Crippen molar-refractivity contribution in [1.29, 1.82) is 0 Å². The van der Waals surface area contributed by atoms with Crippen molar-refractivity contribution in [3.05, 3.63) is 62.5 Å². The lowest BCUT2D eigenvalue weighted by atomic mass is 10.0. The van der Waals surface area contributed by atoms with E-state index >= 15 is 0 Å². The molecular formula is C15H9F6IN2O. The van der Waals surface area contributed by atoms with Crippen LogP contribution in [0.15, 0.2) is 36.7 Å². The number of benzene rings is 1. The molecule has 0 aliphatic carbocycles. The van der Waals surface area contributed by atoms with Gasteiger partial charge in [0.2, 0.25) is 0 Å². The van der Waals surface area contributed by atoms with Gasteiger partial charge in [-0.3, -0.25) is 9.78 Å². The first kappa shape index (κ1) is 19.5. The molecule has 0 spiro atoms. The molecule has 0 bridgehead atoms. The zero-order chi connectivity index (χ0) is 18.8. The lowest BCUT2D eigenvalue weighted by Crippen LogP contribution is -2.24. The van der Waals surface area contributed by atoms with Gasteiger partial charge in [-0.05, 0) is 46.9 Å². The summed E-state index contributed by atoms with van der Waals surface area (Å²) in [6.45, 7) is -0.0808. The summed E-state index contributed by atoms with van der Waals surface area (Å²) in [5, 5.41) is 2.29. The smallest absolute Gasteiger partial charge is 0.348 e. The van der Waals surface area contributed by atoms with Crippen LogP contribution in [0.4, 0.5) is 26.3 Å². The molecule has 0 aliphatic rings. The average Bonchev–Trinajstić information content (AvgIpc) is 2.51. The zero-order valence-corrected chi connectivity index (χ0v) is 14.3. The molecule has 1 aromatic carbocycles. The topological polar surface area (TPSA) is 42.0 Å². The number of pyridine rings is 1. The fourth-order valence-corrected chi connectivity index (χ4v) is 2.39. The molecule has 0 aliphatic heterocycles. The van der Waals surface area contributed by atoms with E-state index in [0.29, 0.717) is 17.7 Å². The number of aromatic nitrogens is 1. The van der Waals surface area contributed by atoms with Crippen LogP contribution in [0.3, 0.4) is 0 Å². The zero-order valence-electron chi connectivity index (χ0n) is 12.2. The van der Waals surface area contributed by atoms with E-state index in [2.05, 4.69) is 10.3 Å². The Balaban J connectivity index is 2.31. The molecular weight excluding hydrogens is 465 g/mol. The fourth-order valence-electron chi connectivity index (χ4n) is 1.90. The highest BCUT2D eigenvalue weighted by molar-refractivity contribution is 14.1. The molecule has 0 atom stereocenters. The molecule has 1 heterocycles. The second kappa shape index (κ2) is 7.18. The quantitative estimate of drug-likeness (QED) is 0.520. The van der Waals surface area contributed by atoms with Crippen molar-refractivity contribution in [1.82, 2.24) is 10.3 Å². The third-order valence-corrected chi connectivity index (χ3v) is 4.19. The predicted octanol–water partition coefficient (Wildman–Crippen LogP) is 4.65. The Morgan fingerprint density at radius 1 is 1.04 bits per heavy atom. The van der Waals surface area contributed by atoms with Crippen molar-refractivity contribution in [3.63, 3.8) is 0 Å². The first-order valence-corrected chi connectivity index (χ1v) is 7.72. The highest BCUT2D eigenvalue weighted by atomic mass is 127. The maximum Gasteiger partial charge on any atom is 0.416 e. The number of halogens is 7. The van der Waals surface area contributed by atoms with Crippen LogP contribution in [0.25, 0.3) is 0 Å². The molecule has 0 saturated heterocycles. The summed E-state index contributed by atoms with van der Waals surface area (Å²) in [7, 11) is 0. The largest absolute Gasteiger partial charge is 0.416 e. The van der Waals surface area contributed by atoms with E-state index in [0.717, 1.165) is 3.57 Å². The van der Waals surface area contributed by atoms with Gasteiger partial charge in [-0.2, -0.15) is 26.3 Å². The SMILES string of the molecule is O=C(NCc1cnccc1I)c1cc(C(F)(F)F)cc(C(F)(F)F)c1. The normalized spacial score (nSPS) is 12.1. The van der Waals surface area contributed by atoms with Gasteiger partial charge in [-0.1, -0.05) is 0 Å². The van der Waals surface area contributed by atoms with E-state index in [-0.39, 0.29) is 12.6 Å². The Morgan fingerprint density at radius 2 is 1.60 bits per heavy atom. The maximum absolute atomic E-state index is 12.8. The van der Waals surface area contributed by atoms with Crippen molar-refractivity contribution < 1.29 is 31.1 Å². The Bertz CT molecular complexity index is 756. The van der Waals surface area contributed by atoms with Gasteiger partial charge in [0.15, 0.2) is 0 Å². The van der Waals surface area contributed by atoms with Crippen molar-refractivity contribution in [3.8, 4) is 0 Å². The predicted molar refractivity (Wildman–Crippen MR) is 84.6 cm³/mol. The number of hydrogen-bond acceptors (Lipinski definition) is 2. The number of carbonyl (C=O) groups is 1. The van der Waals surface area contributed by atoms with Crippen LogP contribution >= 0.6 is 22.6 Å². The van der Waals surface area contributed by atoms with E-state index in [4.69, 9.17) is 0 Å². The first-order chi connectivity index (χ1) is 11.5. The maximum atomic E-state index is 12.8. The summed E-state index contributed by atoms with van der Waals surface area (Å²) in [6.07, 6.45) is -7.06. The number of alkyl halides is 6. The van der Waals surface area contributed by atoms with Crippen molar-refractivity contribution >= 4 is 28.5 Å². The van der Waals surface area contributed by atoms with Crippen LogP contribution in [0.2, 0.25) is 0 Å². The molecule has 1 amide bonds. The molecule has 2 aromatic rings. The second-order valence-corrected chi connectivity index (χ2v) is 6.11. The van der Waals surface area contributed by atoms with Gasteiger partial charge in [0.05, 0.1) is 11.1 Å². The molecule has 1 aromatic heterocycles. The van der Waals surface area contributed by atoms with Gasteiger partial charge in [0.1, 0.15) is 0 Å². The molecule has 3 nitrogen and oxygen atoms in total.